The minimum Gasteiger partial charge on any atom is -0.399 e. The predicted octanol–water partition coefficient (Wildman–Crippen LogP) is 3.29. The summed E-state index contributed by atoms with van der Waals surface area (Å²) in [6, 6.07) is 12.4. The minimum atomic E-state index is 0.804. The number of nitrogens with zero attached hydrogens (tertiary/aromatic N) is 1. The Hall–Kier alpha value is -1.90. The summed E-state index contributed by atoms with van der Waals surface area (Å²) in [5.41, 5.74) is 13.0. The average molecular weight is 268 g/mol. The lowest BCUT2D eigenvalue weighted by atomic mass is 9.95. The zero-order valence-corrected chi connectivity index (χ0v) is 13.5. The molecule has 0 aliphatic rings. The number of hydrogen-bond acceptors (Lipinski definition) is 2. The molecule has 0 heterocycles. The maximum atomic E-state index is 5.73. The van der Waals surface area contributed by atoms with Crippen LogP contribution in [-0.2, 0) is 0 Å². The van der Waals surface area contributed by atoms with Crippen LogP contribution in [-0.4, -0.2) is 21.9 Å². The first-order valence-electron chi connectivity index (χ1n) is 7.14. The van der Waals surface area contributed by atoms with Gasteiger partial charge < -0.3 is 10.6 Å². The Labute approximate surface area is 124 Å². The van der Waals surface area contributed by atoms with Crippen molar-refractivity contribution in [3.63, 3.8) is 0 Å². The molecule has 106 valence electrons. The lowest BCUT2D eigenvalue weighted by molar-refractivity contribution is 1.11. The van der Waals surface area contributed by atoms with Crippen molar-refractivity contribution in [1.82, 2.24) is 0 Å². The third-order valence-electron chi connectivity index (χ3n) is 3.46. The van der Waals surface area contributed by atoms with Crippen LogP contribution in [0, 0.1) is 13.8 Å². The van der Waals surface area contributed by atoms with Gasteiger partial charge in [0.1, 0.15) is 0 Å². The Morgan fingerprint density at radius 3 is 1.90 bits per heavy atom. The summed E-state index contributed by atoms with van der Waals surface area (Å²) in [6.45, 7) is 6.35. The SMILES string of the molecule is BC.Cc1c(-c2ccc(N)cc2)ccc(N(C)C)c1C. The quantitative estimate of drug-likeness (QED) is 0.669. The van der Waals surface area contributed by atoms with E-state index in [1.54, 1.807) is 0 Å². The predicted molar refractivity (Wildman–Crippen MR) is 94.5 cm³/mol. The molecular weight excluding hydrogens is 243 g/mol. The molecule has 2 N–H and O–H groups in total. The monoisotopic (exact) mass is 268 g/mol. The summed E-state index contributed by atoms with van der Waals surface area (Å²) < 4.78 is 0. The Kier molecular flexibility index (Phi) is 5.69. The molecule has 0 unspecified atom stereocenters. The molecule has 0 amide bonds. The van der Waals surface area contributed by atoms with Crippen LogP contribution in [0.2, 0.25) is 6.82 Å². The van der Waals surface area contributed by atoms with Gasteiger partial charge in [-0.25, -0.2) is 0 Å². The summed E-state index contributed by atoms with van der Waals surface area (Å²) in [5, 5.41) is 0. The highest BCUT2D eigenvalue weighted by atomic mass is 15.1. The molecule has 0 saturated heterocycles. The largest absolute Gasteiger partial charge is 0.399 e. The van der Waals surface area contributed by atoms with Crippen molar-refractivity contribution in [3.8, 4) is 11.1 Å². The van der Waals surface area contributed by atoms with Gasteiger partial charge in [0.05, 0.1) is 7.85 Å². The van der Waals surface area contributed by atoms with Gasteiger partial charge in [0, 0.05) is 25.5 Å². The number of rotatable bonds is 2. The highest BCUT2D eigenvalue weighted by Gasteiger charge is 2.09. The van der Waals surface area contributed by atoms with Gasteiger partial charge in [-0.1, -0.05) is 25.0 Å². The van der Waals surface area contributed by atoms with Crippen molar-refractivity contribution < 1.29 is 0 Å². The second-order valence-corrected chi connectivity index (χ2v) is 4.90. The molecule has 0 fully saturated rings. The summed E-state index contributed by atoms with van der Waals surface area (Å²) in [4.78, 5) is 2.15. The van der Waals surface area contributed by atoms with Crippen LogP contribution in [0.5, 0.6) is 0 Å². The van der Waals surface area contributed by atoms with Crippen LogP contribution in [0.1, 0.15) is 11.1 Å². The van der Waals surface area contributed by atoms with E-state index in [2.05, 4.69) is 57.1 Å². The highest BCUT2D eigenvalue weighted by molar-refractivity contribution is 6.05. The van der Waals surface area contributed by atoms with E-state index in [0.29, 0.717) is 0 Å². The van der Waals surface area contributed by atoms with E-state index < -0.39 is 0 Å². The summed E-state index contributed by atoms with van der Waals surface area (Å²) in [6.07, 6.45) is 0. The Balaban J connectivity index is 0.000000956. The van der Waals surface area contributed by atoms with Gasteiger partial charge in [0.2, 0.25) is 0 Å². The first kappa shape index (κ1) is 16.2. The van der Waals surface area contributed by atoms with Gasteiger partial charge in [-0.2, -0.15) is 0 Å². The normalized spacial score (nSPS) is 9.65. The first-order chi connectivity index (χ1) is 9.50. The van der Waals surface area contributed by atoms with E-state index in [1.807, 2.05) is 26.8 Å². The second kappa shape index (κ2) is 7.04. The molecule has 2 rings (SSSR count). The van der Waals surface area contributed by atoms with Crippen molar-refractivity contribution in [1.29, 1.82) is 0 Å². The Morgan fingerprint density at radius 1 is 0.850 bits per heavy atom. The van der Waals surface area contributed by atoms with Crippen molar-refractivity contribution >= 4 is 19.2 Å². The van der Waals surface area contributed by atoms with E-state index in [-0.39, 0.29) is 0 Å². The molecule has 0 aliphatic carbocycles. The Morgan fingerprint density at radius 2 is 1.40 bits per heavy atom. The number of hydrogen-bond donors (Lipinski definition) is 1. The van der Waals surface area contributed by atoms with Crippen molar-refractivity contribution in [3.05, 3.63) is 47.5 Å². The van der Waals surface area contributed by atoms with E-state index in [4.69, 9.17) is 5.73 Å². The molecule has 0 aliphatic heterocycles. The van der Waals surface area contributed by atoms with Crippen LogP contribution in [0.3, 0.4) is 0 Å². The molecule has 2 aromatic carbocycles. The van der Waals surface area contributed by atoms with E-state index >= 15 is 0 Å². The van der Waals surface area contributed by atoms with Crippen LogP contribution < -0.4 is 10.6 Å². The number of nitrogens with two attached hydrogens (primary N) is 1. The molecule has 0 saturated carbocycles. The molecule has 20 heavy (non-hydrogen) atoms. The van der Waals surface area contributed by atoms with Gasteiger partial charge >= 0.3 is 0 Å². The average Bonchev–Trinajstić information content (AvgIpc) is 2.45. The standard InChI is InChI=1S/C16H20N2.CH5B/c1-11-12(2)16(18(3)4)10-9-15(11)13-5-7-14(17)8-6-13;1-2/h5-10H,17H2,1-4H3;2H2,1H3. The fourth-order valence-corrected chi connectivity index (χ4v) is 2.27. The number of benzene rings is 2. The zero-order chi connectivity index (χ0) is 15.3. The van der Waals surface area contributed by atoms with E-state index in [0.717, 1.165) is 5.69 Å². The summed E-state index contributed by atoms with van der Waals surface area (Å²) in [5.74, 6) is 0. The third kappa shape index (κ3) is 3.35. The van der Waals surface area contributed by atoms with Gasteiger partial charge in [-0.3, -0.25) is 0 Å². The number of nitrogen functional groups attached to an aromatic ring is 1. The maximum Gasteiger partial charge on any atom is 0.0973 e. The van der Waals surface area contributed by atoms with Crippen LogP contribution >= 0.6 is 0 Å². The van der Waals surface area contributed by atoms with E-state index in [9.17, 15) is 0 Å². The van der Waals surface area contributed by atoms with Gasteiger partial charge in [-0.05, 0) is 54.3 Å². The molecule has 0 atom stereocenters. The van der Waals surface area contributed by atoms with Crippen molar-refractivity contribution in [2.75, 3.05) is 24.7 Å². The first-order valence-corrected chi connectivity index (χ1v) is 7.14. The summed E-state index contributed by atoms with van der Waals surface area (Å²) in [7, 11) is 6.15. The summed E-state index contributed by atoms with van der Waals surface area (Å²) >= 11 is 0. The molecular formula is C17H25BN2. The fourth-order valence-electron chi connectivity index (χ4n) is 2.27. The van der Waals surface area contributed by atoms with Gasteiger partial charge in [0.15, 0.2) is 0 Å². The van der Waals surface area contributed by atoms with Crippen molar-refractivity contribution in [2.45, 2.75) is 20.7 Å². The maximum absolute atomic E-state index is 5.73. The minimum absolute atomic E-state index is 0.804. The molecule has 0 spiro atoms. The molecule has 0 bridgehead atoms. The van der Waals surface area contributed by atoms with Crippen molar-refractivity contribution in [2.24, 2.45) is 0 Å². The lowest BCUT2D eigenvalue weighted by Crippen LogP contribution is -2.11. The Bertz CT molecular complexity index is 560. The fraction of sp³-hybridized carbons (Fsp3) is 0.294. The second-order valence-electron chi connectivity index (χ2n) is 4.90. The van der Waals surface area contributed by atoms with E-state index in [1.165, 1.54) is 27.9 Å². The van der Waals surface area contributed by atoms with Crippen LogP contribution in [0.4, 0.5) is 11.4 Å². The number of anilines is 2. The molecule has 2 nitrogen and oxygen atoms in total. The highest BCUT2D eigenvalue weighted by Crippen LogP contribution is 2.31. The molecule has 0 radical (unpaired) electrons. The smallest absolute Gasteiger partial charge is 0.0973 e. The topological polar surface area (TPSA) is 29.3 Å². The van der Waals surface area contributed by atoms with Gasteiger partial charge in [-0.15, -0.1) is 0 Å². The zero-order valence-electron chi connectivity index (χ0n) is 13.5. The molecule has 2 aromatic rings. The lowest BCUT2D eigenvalue weighted by Gasteiger charge is -2.19. The van der Waals surface area contributed by atoms with Crippen LogP contribution in [0.15, 0.2) is 36.4 Å². The van der Waals surface area contributed by atoms with Crippen LogP contribution in [0.25, 0.3) is 11.1 Å². The van der Waals surface area contributed by atoms with Gasteiger partial charge in [0.25, 0.3) is 0 Å². The molecule has 0 aromatic heterocycles. The molecule has 3 heteroatoms. The third-order valence-corrected chi connectivity index (χ3v) is 3.46.